The SMILES string of the molecule is Cc1ccc(O)c2ncc(C(N)=O)[nH]c3ccc(F)cc3cc12. The second-order valence-electron chi connectivity index (χ2n) is 5.20. The van der Waals surface area contributed by atoms with Crippen molar-refractivity contribution < 1.29 is 14.3 Å². The number of aromatic amines is 1. The quantitative estimate of drug-likeness (QED) is 0.645. The van der Waals surface area contributed by atoms with E-state index in [1.165, 1.54) is 30.5 Å². The first kappa shape index (κ1) is 14.8. The number of carbonyl (C=O) groups is 1. The van der Waals surface area contributed by atoms with Gasteiger partial charge in [-0.25, -0.2) is 9.37 Å². The molecule has 0 radical (unpaired) electrons. The largest absolute Gasteiger partial charge is 0.506 e. The Kier molecular flexibility index (Phi) is 3.57. The van der Waals surface area contributed by atoms with Gasteiger partial charge in [0, 0.05) is 16.3 Å². The number of rotatable bonds is 1. The second-order valence-corrected chi connectivity index (χ2v) is 5.20. The summed E-state index contributed by atoms with van der Waals surface area (Å²) in [5.74, 6) is -1.16. The van der Waals surface area contributed by atoms with Crippen LogP contribution in [0.15, 0.2) is 42.6 Å². The minimum Gasteiger partial charge on any atom is -0.506 e. The summed E-state index contributed by atoms with van der Waals surface area (Å²) in [6.45, 7) is 1.85. The van der Waals surface area contributed by atoms with Gasteiger partial charge in [0.1, 0.15) is 22.8 Å². The summed E-state index contributed by atoms with van der Waals surface area (Å²) in [7, 11) is 0. The van der Waals surface area contributed by atoms with Crippen LogP contribution in [-0.4, -0.2) is 21.0 Å². The Bertz CT molecular complexity index is 994. The Morgan fingerprint density at radius 3 is 2.78 bits per heavy atom. The lowest BCUT2D eigenvalue weighted by Gasteiger charge is -2.01. The molecule has 1 amide bonds. The van der Waals surface area contributed by atoms with Crippen LogP contribution in [0, 0.1) is 12.7 Å². The number of H-pyrrole nitrogens is 1. The first-order chi connectivity index (χ1) is 11.0. The summed E-state index contributed by atoms with van der Waals surface area (Å²) in [6, 6.07) is 9.09. The van der Waals surface area contributed by atoms with E-state index in [4.69, 9.17) is 5.73 Å². The molecule has 0 aliphatic heterocycles. The molecule has 0 spiro atoms. The highest BCUT2D eigenvalue weighted by molar-refractivity contribution is 5.95. The zero-order chi connectivity index (χ0) is 16.6. The second kappa shape index (κ2) is 5.57. The molecule has 5 nitrogen and oxygen atoms in total. The molecule has 1 aromatic heterocycles. The van der Waals surface area contributed by atoms with Crippen LogP contribution in [0.5, 0.6) is 5.75 Å². The van der Waals surface area contributed by atoms with E-state index >= 15 is 0 Å². The van der Waals surface area contributed by atoms with Gasteiger partial charge >= 0.3 is 0 Å². The summed E-state index contributed by atoms with van der Waals surface area (Å²) in [6.07, 6.45) is 1.26. The lowest BCUT2D eigenvalue weighted by atomic mass is 10.1. The fourth-order valence-corrected chi connectivity index (χ4v) is 2.37. The molecule has 3 rings (SSSR count). The van der Waals surface area contributed by atoms with Crippen molar-refractivity contribution in [2.24, 2.45) is 5.73 Å². The van der Waals surface area contributed by atoms with E-state index in [2.05, 4.69) is 9.97 Å². The van der Waals surface area contributed by atoms with Crippen molar-refractivity contribution in [3.8, 4) is 5.75 Å². The van der Waals surface area contributed by atoms with Crippen LogP contribution in [0.2, 0.25) is 0 Å². The number of phenols is 1. The lowest BCUT2D eigenvalue weighted by molar-refractivity contribution is 0.0995. The van der Waals surface area contributed by atoms with Crippen molar-refractivity contribution >= 4 is 27.7 Å². The monoisotopic (exact) mass is 311 g/mol. The maximum absolute atomic E-state index is 13.6. The molecule has 0 fully saturated rings. The van der Waals surface area contributed by atoms with Crippen LogP contribution < -0.4 is 5.73 Å². The summed E-state index contributed by atoms with van der Waals surface area (Å²) >= 11 is 0. The number of aromatic nitrogens is 2. The molecule has 2 aromatic carbocycles. The predicted molar refractivity (Wildman–Crippen MR) is 86.1 cm³/mol. The van der Waals surface area contributed by atoms with E-state index in [1.54, 1.807) is 12.1 Å². The minimum absolute atomic E-state index is 0.0400. The standard InChI is InChI=1S/C17H14FN3O2/c1-9-2-5-15(22)16-12(9)7-10-6-11(18)3-4-13(10)21-14(8-20-16)17(19)23/h2-8,21-22H,1H3,(H2,19,23). The smallest absolute Gasteiger partial charge is 0.266 e. The van der Waals surface area contributed by atoms with Gasteiger partial charge in [0.05, 0.1) is 6.20 Å². The number of fused-ring (bicyclic) bond motifs is 2. The fraction of sp³-hybridized carbons (Fsp3) is 0.0588. The number of nitrogens with one attached hydrogen (secondary N) is 1. The number of aromatic hydroxyl groups is 1. The van der Waals surface area contributed by atoms with Crippen molar-refractivity contribution in [2.75, 3.05) is 0 Å². The zero-order valence-corrected chi connectivity index (χ0v) is 12.3. The van der Waals surface area contributed by atoms with Gasteiger partial charge in [-0.15, -0.1) is 0 Å². The molecule has 0 saturated heterocycles. The van der Waals surface area contributed by atoms with Crippen molar-refractivity contribution in [1.82, 2.24) is 9.97 Å². The zero-order valence-electron chi connectivity index (χ0n) is 12.3. The number of hydrogen-bond acceptors (Lipinski definition) is 3. The number of benzene rings is 2. The molecule has 0 unspecified atom stereocenters. The molecule has 1 heterocycles. The first-order valence-electron chi connectivity index (χ1n) is 6.90. The number of halogens is 1. The molecule has 23 heavy (non-hydrogen) atoms. The fourth-order valence-electron chi connectivity index (χ4n) is 2.37. The molecule has 0 aliphatic carbocycles. The number of nitrogens with two attached hydrogens (primary N) is 1. The summed E-state index contributed by atoms with van der Waals surface area (Å²) in [5.41, 5.74) is 7.04. The van der Waals surface area contributed by atoms with Gasteiger partial charge in [0.25, 0.3) is 5.91 Å². The Morgan fingerprint density at radius 2 is 2.04 bits per heavy atom. The highest BCUT2D eigenvalue weighted by atomic mass is 19.1. The van der Waals surface area contributed by atoms with Gasteiger partial charge in [-0.2, -0.15) is 0 Å². The normalized spacial score (nSPS) is 10.7. The molecular weight excluding hydrogens is 297 g/mol. The molecule has 3 aromatic rings. The van der Waals surface area contributed by atoms with Gasteiger partial charge in [-0.05, 0) is 42.8 Å². The highest BCUT2D eigenvalue weighted by Crippen LogP contribution is 2.26. The topological polar surface area (TPSA) is 92.0 Å². The third-order valence-electron chi connectivity index (χ3n) is 3.58. The van der Waals surface area contributed by atoms with Crippen LogP contribution in [0.3, 0.4) is 0 Å². The first-order valence-corrected chi connectivity index (χ1v) is 6.90. The van der Waals surface area contributed by atoms with Crippen LogP contribution >= 0.6 is 0 Å². The Labute approximate surface area is 130 Å². The van der Waals surface area contributed by atoms with Crippen molar-refractivity contribution in [3.63, 3.8) is 0 Å². The lowest BCUT2D eigenvalue weighted by Crippen LogP contribution is -2.12. The summed E-state index contributed by atoms with van der Waals surface area (Å²) < 4.78 is 13.6. The van der Waals surface area contributed by atoms with Gasteiger partial charge in [0.2, 0.25) is 0 Å². The molecule has 116 valence electrons. The predicted octanol–water partition coefficient (Wildman–Crippen LogP) is 3.09. The molecule has 0 saturated carbocycles. The van der Waals surface area contributed by atoms with Gasteiger partial charge in [-0.3, -0.25) is 4.79 Å². The van der Waals surface area contributed by atoms with Crippen molar-refractivity contribution in [2.45, 2.75) is 6.92 Å². The number of primary amides is 1. The Morgan fingerprint density at radius 1 is 1.26 bits per heavy atom. The van der Waals surface area contributed by atoms with Crippen LogP contribution in [0.1, 0.15) is 16.1 Å². The van der Waals surface area contributed by atoms with E-state index in [0.29, 0.717) is 21.8 Å². The average Bonchev–Trinajstić information content (AvgIpc) is 2.58. The van der Waals surface area contributed by atoms with E-state index in [9.17, 15) is 14.3 Å². The summed E-state index contributed by atoms with van der Waals surface area (Å²) in [4.78, 5) is 18.6. The number of amides is 1. The molecule has 6 heteroatoms. The van der Waals surface area contributed by atoms with E-state index in [-0.39, 0.29) is 11.4 Å². The van der Waals surface area contributed by atoms with Crippen molar-refractivity contribution in [1.29, 1.82) is 0 Å². The van der Waals surface area contributed by atoms with Gasteiger partial charge in [-0.1, -0.05) is 6.07 Å². The maximum Gasteiger partial charge on any atom is 0.266 e. The summed E-state index contributed by atoms with van der Waals surface area (Å²) in [5, 5.41) is 11.2. The Hall–Kier alpha value is -3.15. The third-order valence-corrected chi connectivity index (χ3v) is 3.58. The van der Waals surface area contributed by atoms with E-state index in [0.717, 1.165) is 5.56 Å². The molecular formula is C17H14FN3O2. The molecule has 4 N–H and O–H groups in total. The third kappa shape index (κ3) is 2.78. The van der Waals surface area contributed by atoms with Crippen molar-refractivity contribution in [3.05, 3.63) is 59.7 Å². The van der Waals surface area contributed by atoms with E-state index < -0.39 is 11.7 Å². The minimum atomic E-state index is -0.709. The Balaban J connectivity index is 2.62. The number of carbonyl (C=O) groups excluding carboxylic acids is 1. The number of phenolic OH excluding ortho intramolecular Hbond substituents is 1. The number of hydrogen-bond donors (Lipinski definition) is 3. The number of nitrogens with zero attached hydrogens (tertiary/aromatic N) is 1. The molecule has 0 bridgehead atoms. The molecule has 0 atom stereocenters. The van der Waals surface area contributed by atoms with Crippen LogP contribution in [-0.2, 0) is 0 Å². The van der Waals surface area contributed by atoms with Gasteiger partial charge < -0.3 is 15.8 Å². The molecule has 0 aliphatic rings. The average molecular weight is 311 g/mol. The van der Waals surface area contributed by atoms with E-state index in [1.807, 2.05) is 6.92 Å². The number of aryl methyl sites for hydroxylation is 1. The highest BCUT2D eigenvalue weighted by Gasteiger charge is 2.06. The maximum atomic E-state index is 13.6. The van der Waals surface area contributed by atoms with Crippen LogP contribution in [0.25, 0.3) is 21.8 Å². The van der Waals surface area contributed by atoms with Gasteiger partial charge in [0.15, 0.2) is 0 Å². The van der Waals surface area contributed by atoms with Crippen LogP contribution in [0.4, 0.5) is 4.39 Å².